The van der Waals surface area contributed by atoms with Gasteiger partial charge in [-0.2, -0.15) is 0 Å². The van der Waals surface area contributed by atoms with Crippen LogP contribution in [0.1, 0.15) is 25.8 Å². The number of nitrogens with one attached hydrogen (secondary N) is 1. The fourth-order valence-corrected chi connectivity index (χ4v) is 1.34. The molecule has 1 N–H and O–H groups in total. The van der Waals surface area contributed by atoms with E-state index in [4.69, 9.17) is 0 Å². The summed E-state index contributed by atoms with van der Waals surface area (Å²) < 4.78 is 25.6. The quantitative estimate of drug-likeness (QED) is 0.741. The average Bonchev–Trinajstić information content (AvgIpc) is 2.10. The molecule has 0 saturated heterocycles. The third-order valence-electron chi connectivity index (χ3n) is 2.15. The van der Waals surface area contributed by atoms with E-state index in [1.165, 1.54) is 12.1 Å². The Bertz CT molecular complexity index is 290. The fraction of sp³-hybridized carbons (Fsp3) is 0.500. The molecule has 1 nitrogen and oxygen atoms in total. The van der Waals surface area contributed by atoms with E-state index < -0.39 is 11.6 Å². The van der Waals surface area contributed by atoms with Crippen molar-refractivity contribution in [3.8, 4) is 0 Å². The van der Waals surface area contributed by atoms with Gasteiger partial charge in [0.1, 0.15) is 11.6 Å². The van der Waals surface area contributed by atoms with Crippen LogP contribution in [0.25, 0.3) is 0 Å². The van der Waals surface area contributed by atoms with Crippen molar-refractivity contribution in [2.45, 2.75) is 26.8 Å². The molecule has 0 aliphatic rings. The Morgan fingerprint density at radius 1 is 1.13 bits per heavy atom. The van der Waals surface area contributed by atoms with Crippen LogP contribution in [0.15, 0.2) is 18.2 Å². The van der Waals surface area contributed by atoms with Crippen molar-refractivity contribution in [1.82, 2.24) is 5.32 Å². The van der Waals surface area contributed by atoms with E-state index in [0.29, 0.717) is 18.0 Å². The van der Waals surface area contributed by atoms with Crippen molar-refractivity contribution in [3.05, 3.63) is 35.4 Å². The van der Waals surface area contributed by atoms with Crippen LogP contribution < -0.4 is 5.32 Å². The van der Waals surface area contributed by atoms with E-state index in [9.17, 15) is 8.78 Å². The molecule has 0 radical (unpaired) electrons. The van der Waals surface area contributed by atoms with Gasteiger partial charge in [-0.25, -0.2) is 8.78 Å². The molecule has 84 valence electrons. The highest BCUT2D eigenvalue weighted by Gasteiger charge is 2.00. The molecule has 0 spiro atoms. The second-order valence-corrected chi connectivity index (χ2v) is 4.14. The highest BCUT2D eigenvalue weighted by molar-refractivity contribution is 5.17. The number of halogens is 2. The summed E-state index contributed by atoms with van der Waals surface area (Å²) in [6.07, 6.45) is 1.07. The molecule has 0 aliphatic carbocycles. The lowest BCUT2D eigenvalue weighted by Crippen LogP contribution is -2.16. The minimum Gasteiger partial charge on any atom is -0.313 e. The minimum atomic E-state index is -0.518. The van der Waals surface area contributed by atoms with Gasteiger partial charge in [0.15, 0.2) is 0 Å². The maximum absolute atomic E-state index is 12.8. The Balaban J connectivity index is 2.37. The van der Waals surface area contributed by atoms with Gasteiger partial charge in [-0.05, 0) is 36.6 Å². The average molecular weight is 213 g/mol. The maximum atomic E-state index is 12.8. The van der Waals surface area contributed by atoms with Crippen LogP contribution >= 0.6 is 0 Å². The molecule has 0 amide bonds. The lowest BCUT2D eigenvalue weighted by atomic mass is 10.1. The zero-order chi connectivity index (χ0) is 11.3. The van der Waals surface area contributed by atoms with Gasteiger partial charge >= 0.3 is 0 Å². The molecular formula is C12H17F2N. The largest absolute Gasteiger partial charge is 0.313 e. The van der Waals surface area contributed by atoms with Crippen molar-refractivity contribution in [2.24, 2.45) is 5.92 Å². The zero-order valence-corrected chi connectivity index (χ0v) is 9.19. The number of hydrogen-bond acceptors (Lipinski definition) is 1. The minimum absolute atomic E-state index is 0.515. The molecular weight excluding hydrogens is 196 g/mol. The first-order chi connectivity index (χ1) is 7.08. The van der Waals surface area contributed by atoms with Gasteiger partial charge < -0.3 is 5.32 Å². The summed E-state index contributed by atoms with van der Waals surface area (Å²) in [5, 5.41) is 3.15. The molecule has 1 aromatic rings. The molecule has 0 fully saturated rings. The summed E-state index contributed by atoms with van der Waals surface area (Å²) in [6, 6.07) is 3.59. The molecule has 0 aliphatic heterocycles. The second-order valence-electron chi connectivity index (χ2n) is 4.14. The molecule has 0 saturated carbocycles. The van der Waals surface area contributed by atoms with Crippen LogP contribution in [0.2, 0.25) is 0 Å². The predicted molar refractivity (Wildman–Crippen MR) is 57.5 cm³/mol. The van der Waals surface area contributed by atoms with Crippen molar-refractivity contribution in [2.75, 3.05) is 6.54 Å². The van der Waals surface area contributed by atoms with Crippen LogP contribution in [-0.2, 0) is 6.54 Å². The highest BCUT2D eigenvalue weighted by atomic mass is 19.1. The van der Waals surface area contributed by atoms with Gasteiger partial charge in [0.05, 0.1) is 0 Å². The van der Waals surface area contributed by atoms with Crippen molar-refractivity contribution >= 4 is 0 Å². The number of benzene rings is 1. The normalized spacial score (nSPS) is 11.0. The summed E-state index contributed by atoms with van der Waals surface area (Å²) >= 11 is 0. The third-order valence-corrected chi connectivity index (χ3v) is 2.15. The van der Waals surface area contributed by atoms with Gasteiger partial charge in [-0.1, -0.05) is 13.8 Å². The Morgan fingerprint density at radius 2 is 1.73 bits per heavy atom. The highest BCUT2D eigenvalue weighted by Crippen LogP contribution is 2.07. The van der Waals surface area contributed by atoms with E-state index in [0.717, 1.165) is 19.0 Å². The van der Waals surface area contributed by atoms with Crippen LogP contribution in [0.5, 0.6) is 0 Å². The number of rotatable bonds is 5. The van der Waals surface area contributed by atoms with Gasteiger partial charge in [0.2, 0.25) is 0 Å². The third kappa shape index (κ3) is 4.88. The van der Waals surface area contributed by atoms with Gasteiger partial charge in [-0.3, -0.25) is 0 Å². The van der Waals surface area contributed by atoms with Gasteiger partial charge in [0, 0.05) is 12.6 Å². The van der Waals surface area contributed by atoms with Crippen molar-refractivity contribution in [3.63, 3.8) is 0 Å². The molecule has 0 atom stereocenters. The molecule has 1 aromatic carbocycles. The van der Waals surface area contributed by atoms with Gasteiger partial charge in [0.25, 0.3) is 0 Å². The van der Waals surface area contributed by atoms with E-state index in [1.807, 2.05) is 0 Å². The first kappa shape index (κ1) is 12.1. The zero-order valence-electron chi connectivity index (χ0n) is 9.19. The molecule has 3 heteroatoms. The second kappa shape index (κ2) is 5.81. The summed E-state index contributed by atoms with van der Waals surface area (Å²) in [5.41, 5.74) is 0.649. The first-order valence-electron chi connectivity index (χ1n) is 5.23. The van der Waals surface area contributed by atoms with Gasteiger partial charge in [-0.15, -0.1) is 0 Å². The summed E-state index contributed by atoms with van der Waals surface area (Å²) in [7, 11) is 0. The van der Waals surface area contributed by atoms with E-state index >= 15 is 0 Å². The predicted octanol–water partition coefficient (Wildman–Crippen LogP) is 3.10. The SMILES string of the molecule is CC(C)CCNCc1cc(F)cc(F)c1. The van der Waals surface area contributed by atoms with Crippen LogP contribution in [0.4, 0.5) is 8.78 Å². The van der Waals surface area contributed by atoms with Crippen molar-refractivity contribution in [1.29, 1.82) is 0 Å². The van der Waals surface area contributed by atoms with E-state index in [1.54, 1.807) is 0 Å². The topological polar surface area (TPSA) is 12.0 Å². The molecule has 0 bridgehead atoms. The monoisotopic (exact) mass is 213 g/mol. The van der Waals surface area contributed by atoms with E-state index in [2.05, 4.69) is 19.2 Å². The molecule has 0 unspecified atom stereocenters. The van der Waals surface area contributed by atoms with Crippen LogP contribution in [0.3, 0.4) is 0 Å². The standard InChI is InChI=1S/C12H17F2N/c1-9(2)3-4-15-8-10-5-11(13)7-12(14)6-10/h5-7,9,15H,3-4,8H2,1-2H3. The maximum Gasteiger partial charge on any atom is 0.126 e. The van der Waals surface area contributed by atoms with Crippen molar-refractivity contribution < 1.29 is 8.78 Å². The smallest absolute Gasteiger partial charge is 0.126 e. The Kier molecular flexibility index (Phi) is 4.69. The molecule has 15 heavy (non-hydrogen) atoms. The lowest BCUT2D eigenvalue weighted by Gasteiger charge is -2.07. The molecule has 1 rings (SSSR count). The Morgan fingerprint density at radius 3 is 2.27 bits per heavy atom. The van der Waals surface area contributed by atoms with E-state index in [-0.39, 0.29) is 0 Å². The number of hydrogen-bond donors (Lipinski definition) is 1. The first-order valence-corrected chi connectivity index (χ1v) is 5.23. The summed E-state index contributed by atoms with van der Waals surface area (Å²) in [6.45, 7) is 5.67. The molecule has 0 aromatic heterocycles. The fourth-order valence-electron chi connectivity index (χ4n) is 1.34. The molecule has 0 heterocycles. The Labute approximate surface area is 89.5 Å². The lowest BCUT2D eigenvalue weighted by molar-refractivity contribution is 0.533. The summed E-state index contributed by atoms with van der Waals surface area (Å²) in [4.78, 5) is 0. The van der Waals surface area contributed by atoms with Crippen LogP contribution in [-0.4, -0.2) is 6.54 Å². The summed E-state index contributed by atoms with van der Waals surface area (Å²) in [5.74, 6) is -0.395. The Hall–Kier alpha value is -0.960. The van der Waals surface area contributed by atoms with Crippen LogP contribution in [0, 0.1) is 17.6 Å².